The highest BCUT2D eigenvalue weighted by Gasteiger charge is 2.48. The largest absolute Gasteiger partial charge is 0.481 e. The lowest BCUT2D eigenvalue weighted by Gasteiger charge is -2.11. The second-order valence-electron chi connectivity index (χ2n) is 4.54. The highest BCUT2D eigenvalue weighted by atomic mass is 32.1. The molecule has 5 nitrogen and oxygen atoms in total. The molecular weight excluding hydrogens is 252 g/mol. The molecule has 1 aromatic heterocycles. The van der Waals surface area contributed by atoms with Crippen LogP contribution in [0.15, 0.2) is 5.38 Å². The van der Waals surface area contributed by atoms with Crippen molar-refractivity contribution in [1.82, 2.24) is 10.3 Å². The minimum absolute atomic E-state index is 0.163. The van der Waals surface area contributed by atoms with Crippen molar-refractivity contribution in [2.24, 2.45) is 11.8 Å². The lowest BCUT2D eigenvalue weighted by Crippen LogP contribution is -2.29. The van der Waals surface area contributed by atoms with Gasteiger partial charge in [0.15, 0.2) is 0 Å². The SMILES string of the molecule is CCc1nc([C@H](C)NC(=O)[C@H]2C[C@@H]2C(=O)O)cs1. The Balaban J connectivity index is 1.90. The van der Waals surface area contributed by atoms with E-state index in [4.69, 9.17) is 5.11 Å². The summed E-state index contributed by atoms with van der Waals surface area (Å²) < 4.78 is 0. The summed E-state index contributed by atoms with van der Waals surface area (Å²) in [6, 6.07) is -0.163. The number of aryl methyl sites for hydroxylation is 1. The molecule has 0 bridgehead atoms. The molecule has 0 aromatic carbocycles. The number of carbonyl (C=O) groups is 2. The van der Waals surface area contributed by atoms with Gasteiger partial charge in [0.2, 0.25) is 5.91 Å². The lowest BCUT2D eigenvalue weighted by atomic mass is 10.2. The van der Waals surface area contributed by atoms with E-state index in [0.29, 0.717) is 6.42 Å². The van der Waals surface area contributed by atoms with Crippen LogP contribution < -0.4 is 5.32 Å². The zero-order valence-electron chi connectivity index (χ0n) is 10.3. The van der Waals surface area contributed by atoms with Gasteiger partial charge in [-0.15, -0.1) is 11.3 Å². The lowest BCUT2D eigenvalue weighted by molar-refractivity contribution is -0.140. The Bertz CT molecular complexity index is 472. The molecule has 2 rings (SSSR count). The molecule has 1 aliphatic carbocycles. The number of carboxylic acids is 1. The average Bonchev–Trinajstić information content (AvgIpc) is 3.00. The van der Waals surface area contributed by atoms with Gasteiger partial charge in [0.1, 0.15) is 0 Å². The van der Waals surface area contributed by atoms with Crippen LogP contribution in [0.5, 0.6) is 0 Å². The maximum absolute atomic E-state index is 11.8. The van der Waals surface area contributed by atoms with Gasteiger partial charge in [-0.2, -0.15) is 0 Å². The van der Waals surface area contributed by atoms with Gasteiger partial charge in [0, 0.05) is 5.38 Å². The Labute approximate surface area is 109 Å². The van der Waals surface area contributed by atoms with E-state index >= 15 is 0 Å². The number of carboxylic acid groups (broad SMARTS) is 1. The Morgan fingerprint density at radius 2 is 2.33 bits per heavy atom. The summed E-state index contributed by atoms with van der Waals surface area (Å²) in [5.41, 5.74) is 0.845. The summed E-state index contributed by atoms with van der Waals surface area (Å²) >= 11 is 1.58. The first kappa shape index (κ1) is 13.0. The van der Waals surface area contributed by atoms with Crippen LogP contribution in [-0.2, 0) is 16.0 Å². The number of amides is 1. The van der Waals surface area contributed by atoms with Crippen molar-refractivity contribution in [1.29, 1.82) is 0 Å². The molecule has 18 heavy (non-hydrogen) atoms. The van der Waals surface area contributed by atoms with Crippen molar-refractivity contribution in [2.75, 3.05) is 0 Å². The molecule has 1 amide bonds. The molecule has 0 saturated heterocycles. The van der Waals surface area contributed by atoms with Crippen LogP contribution in [0.25, 0.3) is 0 Å². The van der Waals surface area contributed by atoms with Crippen molar-refractivity contribution in [3.05, 3.63) is 16.1 Å². The number of rotatable bonds is 5. The molecule has 0 spiro atoms. The number of aromatic nitrogens is 1. The van der Waals surface area contributed by atoms with Gasteiger partial charge in [-0.1, -0.05) is 6.92 Å². The normalized spacial score (nSPS) is 23.4. The van der Waals surface area contributed by atoms with E-state index in [2.05, 4.69) is 10.3 Å². The van der Waals surface area contributed by atoms with E-state index in [0.717, 1.165) is 17.1 Å². The van der Waals surface area contributed by atoms with Crippen LogP contribution in [0.4, 0.5) is 0 Å². The fourth-order valence-electron chi connectivity index (χ4n) is 1.84. The monoisotopic (exact) mass is 268 g/mol. The van der Waals surface area contributed by atoms with Crippen LogP contribution in [-0.4, -0.2) is 22.0 Å². The molecule has 98 valence electrons. The van der Waals surface area contributed by atoms with Gasteiger partial charge in [0.25, 0.3) is 0 Å². The van der Waals surface area contributed by atoms with E-state index in [1.807, 2.05) is 19.2 Å². The fraction of sp³-hybridized carbons (Fsp3) is 0.583. The van der Waals surface area contributed by atoms with Crippen molar-refractivity contribution in [3.8, 4) is 0 Å². The van der Waals surface area contributed by atoms with E-state index in [1.54, 1.807) is 11.3 Å². The molecule has 1 aliphatic rings. The average molecular weight is 268 g/mol. The standard InChI is InChI=1S/C12H16N2O3S/c1-3-10-14-9(5-18-10)6(2)13-11(15)7-4-8(7)12(16)17/h5-8H,3-4H2,1-2H3,(H,13,15)(H,16,17)/t6-,7-,8-/m0/s1. The van der Waals surface area contributed by atoms with Crippen LogP contribution in [0, 0.1) is 11.8 Å². The van der Waals surface area contributed by atoms with E-state index in [-0.39, 0.29) is 17.9 Å². The summed E-state index contributed by atoms with van der Waals surface area (Å²) in [7, 11) is 0. The number of carbonyl (C=O) groups excluding carboxylic acids is 1. The molecule has 6 heteroatoms. The minimum atomic E-state index is -0.885. The number of thiazole rings is 1. The third-order valence-corrected chi connectivity index (χ3v) is 4.13. The molecule has 2 N–H and O–H groups in total. The first-order chi connectivity index (χ1) is 8.52. The minimum Gasteiger partial charge on any atom is -0.481 e. The zero-order valence-corrected chi connectivity index (χ0v) is 11.2. The highest BCUT2D eigenvalue weighted by Crippen LogP contribution is 2.39. The van der Waals surface area contributed by atoms with Crippen LogP contribution >= 0.6 is 11.3 Å². The summed E-state index contributed by atoms with van der Waals surface area (Å²) in [5, 5.41) is 14.6. The van der Waals surface area contributed by atoms with Crippen molar-refractivity contribution >= 4 is 23.2 Å². The van der Waals surface area contributed by atoms with Crippen molar-refractivity contribution in [2.45, 2.75) is 32.7 Å². The number of nitrogens with one attached hydrogen (secondary N) is 1. The molecule has 1 fully saturated rings. The van der Waals surface area contributed by atoms with Gasteiger partial charge >= 0.3 is 5.97 Å². The Morgan fingerprint density at radius 1 is 1.61 bits per heavy atom. The van der Waals surface area contributed by atoms with Gasteiger partial charge in [-0.3, -0.25) is 9.59 Å². The van der Waals surface area contributed by atoms with Crippen LogP contribution in [0.2, 0.25) is 0 Å². The first-order valence-corrected chi connectivity index (χ1v) is 6.88. The molecule has 0 radical (unpaired) electrons. The molecule has 3 atom stereocenters. The summed E-state index contributed by atoms with van der Waals surface area (Å²) in [6.07, 6.45) is 1.33. The highest BCUT2D eigenvalue weighted by molar-refractivity contribution is 7.09. The molecule has 0 unspecified atom stereocenters. The number of nitrogens with zero attached hydrogens (tertiary/aromatic N) is 1. The van der Waals surface area contributed by atoms with Gasteiger partial charge < -0.3 is 10.4 Å². The number of aliphatic carboxylic acids is 1. The molecule has 0 aliphatic heterocycles. The van der Waals surface area contributed by atoms with Crippen molar-refractivity contribution < 1.29 is 14.7 Å². The predicted molar refractivity (Wildman–Crippen MR) is 67.3 cm³/mol. The van der Waals surface area contributed by atoms with E-state index < -0.39 is 11.9 Å². The zero-order chi connectivity index (χ0) is 13.3. The fourth-order valence-corrected chi connectivity index (χ4v) is 2.68. The third kappa shape index (κ3) is 2.69. The number of hydrogen-bond acceptors (Lipinski definition) is 4. The maximum Gasteiger partial charge on any atom is 0.307 e. The molecule has 1 saturated carbocycles. The first-order valence-electron chi connectivity index (χ1n) is 6.00. The van der Waals surface area contributed by atoms with Crippen LogP contribution in [0.3, 0.4) is 0 Å². The van der Waals surface area contributed by atoms with Crippen molar-refractivity contribution in [3.63, 3.8) is 0 Å². The molecule has 1 aromatic rings. The predicted octanol–water partition coefficient (Wildman–Crippen LogP) is 1.60. The van der Waals surface area contributed by atoms with Crippen LogP contribution in [0.1, 0.15) is 37.0 Å². The number of hydrogen-bond donors (Lipinski definition) is 2. The van der Waals surface area contributed by atoms with E-state index in [9.17, 15) is 9.59 Å². The van der Waals surface area contributed by atoms with Gasteiger partial charge in [0.05, 0.1) is 28.6 Å². The molecule has 1 heterocycles. The Kier molecular flexibility index (Phi) is 3.65. The summed E-state index contributed by atoms with van der Waals surface area (Å²) in [6.45, 7) is 3.90. The topological polar surface area (TPSA) is 79.3 Å². The summed E-state index contributed by atoms with van der Waals surface area (Å²) in [4.78, 5) is 26.9. The Hall–Kier alpha value is -1.43. The van der Waals surface area contributed by atoms with Gasteiger partial charge in [-0.05, 0) is 19.8 Å². The third-order valence-electron chi connectivity index (χ3n) is 3.12. The van der Waals surface area contributed by atoms with E-state index in [1.165, 1.54) is 0 Å². The maximum atomic E-state index is 11.8. The smallest absolute Gasteiger partial charge is 0.307 e. The summed E-state index contributed by atoms with van der Waals surface area (Å²) in [5.74, 6) is -1.93. The second kappa shape index (κ2) is 5.06. The molecular formula is C12H16N2O3S. The second-order valence-corrected chi connectivity index (χ2v) is 5.48. The van der Waals surface area contributed by atoms with Gasteiger partial charge in [-0.25, -0.2) is 4.98 Å². The Morgan fingerprint density at radius 3 is 2.83 bits per heavy atom. The quantitative estimate of drug-likeness (QED) is 0.850.